The van der Waals surface area contributed by atoms with Crippen molar-refractivity contribution < 1.29 is 53.2 Å². The van der Waals surface area contributed by atoms with Gasteiger partial charge in [0.05, 0.1) is 0 Å². The summed E-state index contributed by atoms with van der Waals surface area (Å²) < 4.78 is 29.1. The summed E-state index contributed by atoms with van der Waals surface area (Å²) in [6.07, 6.45) is -0.216. The molecule has 0 spiro atoms. The van der Waals surface area contributed by atoms with Gasteiger partial charge in [0.15, 0.2) is 0 Å². The zero-order valence-corrected chi connectivity index (χ0v) is 16.0. The maximum absolute atomic E-state index is 12.3. The number of hydrogen-bond acceptors (Lipinski definition) is 6. The summed E-state index contributed by atoms with van der Waals surface area (Å²) >= 11 is 0. The summed E-state index contributed by atoms with van der Waals surface area (Å²) in [5.41, 5.74) is 11.6. The first-order chi connectivity index (χ1) is 10.8. The van der Waals surface area contributed by atoms with E-state index in [0.29, 0.717) is 11.1 Å². The van der Waals surface area contributed by atoms with Gasteiger partial charge in [-0.1, -0.05) is 36.4 Å². The number of rotatable bonds is 6. The Morgan fingerprint density at radius 1 is 1.12 bits per heavy atom. The van der Waals surface area contributed by atoms with Crippen LogP contribution < -0.4 is 41.0 Å². The number of primary amides is 1. The Balaban J connectivity index is 0.00000288. The van der Waals surface area contributed by atoms with Crippen molar-refractivity contribution in [3.63, 3.8) is 0 Å². The van der Waals surface area contributed by atoms with Crippen molar-refractivity contribution >= 4 is 22.0 Å². The Hall–Kier alpha value is -1.45. The van der Waals surface area contributed by atoms with Gasteiger partial charge in [0.25, 0.3) is 0 Å². The molecule has 0 saturated carbocycles. The standard InChI is InChI=1S/C15H16N2O5S.Na.H/c16-12(7-9-14(17)18)15(19)22-23(20,21)13-8-6-10-4-2-1-3-5-11(10)13;;/h1-6,8,12H,7,9,16H2,(H2,17,18);;/q;+1;-1/t12-;;/m0../s1. The molecule has 2 aliphatic carbocycles. The Morgan fingerprint density at radius 3 is 2.46 bits per heavy atom. The van der Waals surface area contributed by atoms with Crippen molar-refractivity contribution in [2.24, 2.45) is 11.5 Å². The van der Waals surface area contributed by atoms with E-state index in [1.807, 2.05) is 0 Å². The van der Waals surface area contributed by atoms with Crippen molar-refractivity contribution in [3.8, 4) is 11.1 Å². The van der Waals surface area contributed by atoms with E-state index in [4.69, 9.17) is 11.5 Å². The smallest absolute Gasteiger partial charge is 1.00 e. The van der Waals surface area contributed by atoms with Gasteiger partial charge in [-0.15, -0.1) is 0 Å². The minimum atomic E-state index is -4.30. The van der Waals surface area contributed by atoms with Gasteiger partial charge < -0.3 is 17.1 Å². The van der Waals surface area contributed by atoms with Crippen LogP contribution in [0.25, 0.3) is 11.1 Å². The van der Waals surface area contributed by atoms with Crippen LogP contribution in [0.3, 0.4) is 0 Å². The van der Waals surface area contributed by atoms with Crippen molar-refractivity contribution in [1.82, 2.24) is 0 Å². The molecule has 2 aliphatic rings. The van der Waals surface area contributed by atoms with Crippen LogP contribution in [0.4, 0.5) is 0 Å². The third kappa shape index (κ3) is 5.02. The molecule has 2 rings (SSSR count). The van der Waals surface area contributed by atoms with E-state index in [2.05, 4.69) is 4.18 Å². The molecule has 0 aromatic heterocycles. The summed E-state index contributed by atoms with van der Waals surface area (Å²) in [5.74, 6) is -1.76. The summed E-state index contributed by atoms with van der Waals surface area (Å²) in [4.78, 5) is 22.3. The average molecular weight is 360 g/mol. The average Bonchev–Trinajstić information content (AvgIpc) is 2.75. The molecule has 0 saturated heterocycles. The van der Waals surface area contributed by atoms with Gasteiger partial charge in [-0.2, -0.15) is 8.42 Å². The van der Waals surface area contributed by atoms with Crippen molar-refractivity contribution in [2.75, 3.05) is 0 Å². The van der Waals surface area contributed by atoms with Crippen LogP contribution >= 0.6 is 0 Å². The number of hydrogen-bond donors (Lipinski definition) is 2. The molecule has 0 fully saturated rings. The van der Waals surface area contributed by atoms with Gasteiger partial charge in [-0.3, -0.25) is 4.79 Å². The molecule has 1 amide bonds. The van der Waals surface area contributed by atoms with Crippen LogP contribution in [0, 0.1) is 0 Å². The Morgan fingerprint density at radius 2 is 1.79 bits per heavy atom. The van der Waals surface area contributed by atoms with Crippen molar-refractivity contribution in [1.29, 1.82) is 0 Å². The third-order valence-corrected chi connectivity index (χ3v) is 4.50. The molecule has 9 heteroatoms. The van der Waals surface area contributed by atoms with E-state index in [1.165, 1.54) is 6.07 Å². The molecule has 0 heterocycles. The van der Waals surface area contributed by atoms with Gasteiger partial charge >= 0.3 is 45.6 Å². The van der Waals surface area contributed by atoms with E-state index in [9.17, 15) is 18.0 Å². The van der Waals surface area contributed by atoms with E-state index >= 15 is 0 Å². The second-order valence-corrected chi connectivity index (χ2v) is 6.46. The molecule has 0 unspecified atom stereocenters. The van der Waals surface area contributed by atoms with Crippen molar-refractivity contribution in [3.05, 3.63) is 42.5 Å². The fraction of sp³-hybridized carbons (Fsp3) is 0.200. The number of carbonyl (C=O) groups excluding carboxylic acids is 2. The van der Waals surface area contributed by atoms with Crippen LogP contribution in [0.5, 0.6) is 0 Å². The van der Waals surface area contributed by atoms with Gasteiger partial charge in [0, 0.05) is 12.0 Å². The number of nitrogens with two attached hydrogens (primary N) is 2. The zero-order valence-electron chi connectivity index (χ0n) is 14.1. The summed E-state index contributed by atoms with van der Waals surface area (Å²) in [6, 6.07) is 10.3. The monoisotopic (exact) mass is 360 g/mol. The van der Waals surface area contributed by atoms with Crippen LogP contribution in [0.1, 0.15) is 14.3 Å². The zero-order chi connectivity index (χ0) is 17.0. The molecule has 0 aromatic carbocycles. The minimum absolute atomic E-state index is 0. The number of amides is 1. The third-order valence-electron chi connectivity index (χ3n) is 3.22. The SMILES string of the molecule is NC(=O)CC[C@H](N)C(=O)OS(=O)(=O)c1ccc2cccccc1-2.[H-].[Na+]. The fourth-order valence-electron chi connectivity index (χ4n) is 2.03. The molecule has 0 radical (unpaired) electrons. The Labute approximate surface area is 163 Å². The molecule has 1 atom stereocenters. The number of fused-ring (bicyclic) bond motifs is 1. The predicted molar refractivity (Wildman–Crippen MR) is 83.9 cm³/mol. The summed E-state index contributed by atoms with van der Waals surface area (Å²) in [7, 11) is -4.30. The van der Waals surface area contributed by atoms with E-state index < -0.39 is 28.0 Å². The maximum Gasteiger partial charge on any atom is 1.00 e. The first-order valence-electron chi connectivity index (χ1n) is 6.81. The second kappa shape index (κ2) is 8.59. The normalized spacial score (nSPS) is 12.2. The molecule has 0 aliphatic heterocycles. The maximum atomic E-state index is 12.3. The summed E-state index contributed by atoms with van der Waals surface area (Å²) in [5, 5.41) is 0. The molecular formula is C15H17N2NaO5S. The molecule has 4 N–H and O–H groups in total. The van der Waals surface area contributed by atoms with Gasteiger partial charge in [-0.25, -0.2) is 4.79 Å². The molecule has 24 heavy (non-hydrogen) atoms. The van der Waals surface area contributed by atoms with Crippen LogP contribution in [-0.2, 0) is 23.9 Å². The topological polar surface area (TPSA) is 130 Å². The molecule has 0 bridgehead atoms. The largest absolute Gasteiger partial charge is 1.00 e. The fourth-order valence-corrected chi connectivity index (χ4v) is 3.15. The van der Waals surface area contributed by atoms with Gasteiger partial charge in [0.2, 0.25) is 5.91 Å². The van der Waals surface area contributed by atoms with E-state index in [1.54, 1.807) is 36.4 Å². The molecular weight excluding hydrogens is 343 g/mol. The Kier molecular flexibility index (Phi) is 7.37. The number of carbonyl (C=O) groups is 2. The predicted octanol–water partition coefficient (Wildman–Crippen LogP) is -2.27. The second-order valence-electron chi connectivity index (χ2n) is 4.95. The van der Waals surface area contributed by atoms with E-state index in [-0.39, 0.29) is 48.7 Å². The van der Waals surface area contributed by atoms with Crippen molar-refractivity contribution in [2.45, 2.75) is 23.8 Å². The van der Waals surface area contributed by atoms with Crippen LogP contribution in [0.15, 0.2) is 47.4 Å². The van der Waals surface area contributed by atoms with Crippen LogP contribution in [-0.4, -0.2) is 26.3 Å². The van der Waals surface area contributed by atoms with Gasteiger partial charge in [0.1, 0.15) is 10.9 Å². The van der Waals surface area contributed by atoms with E-state index in [0.717, 1.165) is 0 Å². The summed E-state index contributed by atoms with van der Waals surface area (Å²) in [6.45, 7) is 0. The first kappa shape index (κ1) is 20.6. The molecule has 124 valence electrons. The molecule has 7 nitrogen and oxygen atoms in total. The van der Waals surface area contributed by atoms with Gasteiger partial charge in [-0.05, 0) is 18.1 Å². The minimum Gasteiger partial charge on any atom is -1.00 e. The quantitative estimate of drug-likeness (QED) is 0.441. The first-order valence-corrected chi connectivity index (χ1v) is 8.22. The Bertz CT molecular complexity index is 815. The molecule has 0 aromatic rings. The van der Waals surface area contributed by atoms with Crippen LogP contribution in [0.2, 0.25) is 0 Å².